The van der Waals surface area contributed by atoms with Crippen molar-refractivity contribution in [3.8, 4) is 0 Å². The number of hydrogen-bond donors (Lipinski definition) is 3. The smallest absolute Gasteiger partial charge is 0.211 e. The van der Waals surface area contributed by atoms with Crippen LogP contribution < -0.4 is 16.6 Å². The van der Waals surface area contributed by atoms with E-state index in [1.807, 2.05) is 12.1 Å². The molecule has 2 fully saturated rings. The van der Waals surface area contributed by atoms with Gasteiger partial charge in [-0.05, 0) is 37.0 Å². The highest BCUT2D eigenvalue weighted by atomic mass is 35.5. The molecule has 4 N–H and O–H groups in total. The summed E-state index contributed by atoms with van der Waals surface area (Å²) in [4.78, 5) is 9.32. The molecule has 0 aliphatic carbocycles. The Balaban J connectivity index is 1.36. The number of morpholine rings is 1. The Labute approximate surface area is 159 Å². The van der Waals surface area contributed by atoms with Gasteiger partial charge in [0.15, 0.2) is 6.29 Å². The summed E-state index contributed by atoms with van der Waals surface area (Å²) >= 11 is 6.01. The molecule has 1 aromatic rings. The zero-order valence-corrected chi connectivity index (χ0v) is 15.7. The Hall–Kier alpha value is -1.38. The Morgan fingerprint density at radius 1 is 1.19 bits per heavy atom. The highest BCUT2D eigenvalue weighted by Crippen LogP contribution is 2.24. The number of guanidine groups is 1. The van der Waals surface area contributed by atoms with Gasteiger partial charge in [-0.1, -0.05) is 23.7 Å². The van der Waals surface area contributed by atoms with E-state index in [4.69, 9.17) is 22.1 Å². The lowest BCUT2D eigenvalue weighted by molar-refractivity contribution is -0.0380. The Morgan fingerprint density at radius 2 is 1.96 bits per heavy atom. The highest BCUT2D eigenvalue weighted by molar-refractivity contribution is 6.30. The second kappa shape index (κ2) is 8.10. The molecule has 3 heterocycles. The normalized spacial score (nSPS) is 28.1. The number of ether oxygens (including phenoxy) is 1. The number of hydrazine groups is 1. The summed E-state index contributed by atoms with van der Waals surface area (Å²) in [6, 6.07) is 9.21. The van der Waals surface area contributed by atoms with Crippen molar-refractivity contribution >= 4 is 17.6 Å². The van der Waals surface area contributed by atoms with E-state index in [1.54, 1.807) is 0 Å². The third-order valence-corrected chi connectivity index (χ3v) is 5.74. The Kier molecular flexibility index (Phi) is 5.61. The number of nitrogens with zero attached hydrogens (tertiary/aromatic N) is 3. The van der Waals surface area contributed by atoms with Crippen molar-refractivity contribution < 1.29 is 4.74 Å². The molecule has 142 valence electrons. The molecule has 3 aliphatic rings. The number of piperidine rings is 1. The molecule has 0 spiro atoms. The van der Waals surface area contributed by atoms with Gasteiger partial charge in [-0.15, -0.1) is 0 Å². The average molecular weight is 379 g/mol. The first-order chi connectivity index (χ1) is 12.7. The minimum Gasteiger partial charge on any atom is -0.378 e. The molecule has 1 aromatic carbocycles. The fourth-order valence-corrected chi connectivity index (χ4v) is 4.25. The molecule has 2 atom stereocenters. The van der Waals surface area contributed by atoms with Crippen LogP contribution in [0.4, 0.5) is 0 Å². The maximum absolute atomic E-state index is 6.01. The number of nitrogens with one attached hydrogen (secondary N) is 2. The van der Waals surface area contributed by atoms with Gasteiger partial charge in [-0.3, -0.25) is 16.1 Å². The molecule has 8 heteroatoms. The van der Waals surface area contributed by atoms with E-state index in [-0.39, 0.29) is 6.29 Å². The molecule has 3 aliphatic heterocycles. The van der Waals surface area contributed by atoms with Crippen LogP contribution in [0.1, 0.15) is 18.4 Å². The summed E-state index contributed by atoms with van der Waals surface area (Å²) in [7, 11) is 0. The summed E-state index contributed by atoms with van der Waals surface area (Å²) in [6.07, 6.45) is 2.93. The zero-order chi connectivity index (χ0) is 17.9. The van der Waals surface area contributed by atoms with Crippen molar-refractivity contribution in [1.82, 2.24) is 20.7 Å². The third kappa shape index (κ3) is 4.13. The van der Waals surface area contributed by atoms with E-state index in [9.17, 15) is 0 Å². The van der Waals surface area contributed by atoms with Gasteiger partial charge < -0.3 is 9.64 Å². The third-order valence-electron chi connectivity index (χ3n) is 5.48. The Morgan fingerprint density at radius 3 is 2.65 bits per heavy atom. The minimum absolute atomic E-state index is 0.342. The molecule has 0 radical (unpaired) electrons. The SMILES string of the molecule is NC1N=C(N2CCC(N3CCOCC3Cc3ccc(Cl)cc3)CC2)NN1. The largest absolute Gasteiger partial charge is 0.378 e. The fourth-order valence-electron chi connectivity index (χ4n) is 4.12. The molecular formula is C18H27ClN6O. The van der Waals surface area contributed by atoms with E-state index in [0.29, 0.717) is 12.1 Å². The van der Waals surface area contributed by atoms with E-state index >= 15 is 0 Å². The average Bonchev–Trinajstić information content (AvgIpc) is 3.11. The lowest BCUT2D eigenvalue weighted by atomic mass is 9.97. The molecule has 0 bridgehead atoms. The van der Waals surface area contributed by atoms with Gasteiger partial charge in [-0.2, -0.15) is 5.43 Å². The molecule has 26 heavy (non-hydrogen) atoms. The predicted molar refractivity (Wildman–Crippen MR) is 103 cm³/mol. The molecule has 2 unspecified atom stereocenters. The lowest BCUT2D eigenvalue weighted by Gasteiger charge is -2.44. The quantitative estimate of drug-likeness (QED) is 0.720. The maximum Gasteiger partial charge on any atom is 0.211 e. The fraction of sp³-hybridized carbons (Fsp3) is 0.611. The number of hydrogen-bond acceptors (Lipinski definition) is 7. The monoisotopic (exact) mass is 378 g/mol. The standard InChI is InChI=1S/C18H27ClN6O/c19-14-3-1-13(2-4-14)11-16-12-26-10-9-25(16)15-5-7-24(8-6-15)18-21-17(20)22-23-18/h1-4,15-17,22H,5-12,20H2,(H,21,23). The van der Waals surface area contributed by atoms with Crippen LogP contribution in [-0.4, -0.2) is 67.0 Å². The molecule has 0 aromatic heterocycles. The van der Waals surface area contributed by atoms with Crippen LogP contribution in [0.2, 0.25) is 5.02 Å². The molecule has 0 amide bonds. The summed E-state index contributed by atoms with van der Waals surface area (Å²) in [5, 5.41) is 0.788. The van der Waals surface area contributed by atoms with Crippen molar-refractivity contribution in [2.45, 2.75) is 37.6 Å². The first-order valence-corrected chi connectivity index (χ1v) is 9.74. The number of rotatable bonds is 3. The lowest BCUT2D eigenvalue weighted by Crippen LogP contribution is -2.56. The summed E-state index contributed by atoms with van der Waals surface area (Å²) in [5.74, 6) is 0.871. The molecule has 0 saturated carbocycles. The zero-order valence-electron chi connectivity index (χ0n) is 14.9. The summed E-state index contributed by atoms with van der Waals surface area (Å²) in [5.41, 5.74) is 13.1. The number of aliphatic imine (C=N–C) groups is 1. The van der Waals surface area contributed by atoms with Crippen LogP contribution in [0.5, 0.6) is 0 Å². The van der Waals surface area contributed by atoms with E-state index in [0.717, 1.165) is 63.1 Å². The topological polar surface area (TPSA) is 78.2 Å². The van der Waals surface area contributed by atoms with Crippen molar-refractivity contribution in [2.75, 3.05) is 32.8 Å². The van der Waals surface area contributed by atoms with Gasteiger partial charge >= 0.3 is 0 Å². The van der Waals surface area contributed by atoms with Gasteiger partial charge in [0.05, 0.1) is 13.2 Å². The second-order valence-corrected chi connectivity index (χ2v) is 7.62. The molecular weight excluding hydrogens is 352 g/mol. The predicted octanol–water partition coefficient (Wildman–Crippen LogP) is 0.754. The molecule has 2 saturated heterocycles. The number of nitrogens with two attached hydrogens (primary N) is 1. The summed E-state index contributed by atoms with van der Waals surface area (Å²) in [6.45, 7) is 4.63. The molecule has 7 nitrogen and oxygen atoms in total. The van der Waals surface area contributed by atoms with Crippen molar-refractivity contribution in [3.63, 3.8) is 0 Å². The van der Waals surface area contributed by atoms with Crippen molar-refractivity contribution in [3.05, 3.63) is 34.9 Å². The number of benzene rings is 1. The van der Waals surface area contributed by atoms with Crippen LogP contribution in [0, 0.1) is 0 Å². The van der Waals surface area contributed by atoms with Gasteiger partial charge in [-0.25, -0.2) is 4.99 Å². The summed E-state index contributed by atoms with van der Waals surface area (Å²) < 4.78 is 5.78. The second-order valence-electron chi connectivity index (χ2n) is 7.18. The van der Waals surface area contributed by atoms with Crippen LogP contribution in [0.25, 0.3) is 0 Å². The van der Waals surface area contributed by atoms with Gasteiger partial charge in [0.25, 0.3) is 0 Å². The highest BCUT2D eigenvalue weighted by Gasteiger charge is 2.33. The van der Waals surface area contributed by atoms with E-state index in [2.05, 4.69) is 37.8 Å². The van der Waals surface area contributed by atoms with Gasteiger partial charge in [0.1, 0.15) is 0 Å². The van der Waals surface area contributed by atoms with Crippen LogP contribution in [0.15, 0.2) is 29.3 Å². The number of halogens is 1. The first-order valence-electron chi connectivity index (χ1n) is 9.37. The Bertz CT molecular complexity index is 631. The van der Waals surface area contributed by atoms with Crippen LogP contribution >= 0.6 is 11.6 Å². The minimum atomic E-state index is -0.342. The van der Waals surface area contributed by atoms with Gasteiger partial charge in [0, 0.05) is 36.7 Å². The van der Waals surface area contributed by atoms with Crippen LogP contribution in [-0.2, 0) is 11.2 Å². The first kappa shape index (κ1) is 18.0. The number of likely N-dealkylation sites (tertiary alicyclic amines) is 1. The van der Waals surface area contributed by atoms with E-state index < -0.39 is 0 Å². The van der Waals surface area contributed by atoms with Crippen LogP contribution in [0.3, 0.4) is 0 Å². The van der Waals surface area contributed by atoms with Crippen molar-refractivity contribution in [1.29, 1.82) is 0 Å². The molecule has 4 rings (SSSR count). The van der Waals surface area contributed by atoms with E-state index in [1.165, 1.54) is 5.56 Å². The maximum atomic E-state index is 6.01. The van der Waals surface area contributed by atoms with Gasteiger partial charge in [0.2, 0.25) is 5.96 Å². The van der Waals surface area contributed by atoms with Crippen molar-refractivity contribution in [2.24, 2.45) is 10.7 Å².